The summed E-state index contributed by atoms with van der Waals surface area (Å²) in [5, 5.41) is 0. The molecule has 158 valence electrons. The predicted molar refractivity (Wildman–Crippen MR) is 94.8 cm³/mol. The lowest BCUT2D eigenvalue weighted by molar-refractivity contribution is -0.248. The van der Waals surface area contributed by atoms with Crippen LogP contribution < -0.4 is 0 Å². The molecule has 0 aliphatic carbocycles. The van der Waals surface area contributed by atoms with E-state index in [1.54, 1.807) is 6.92 Å². The molecule has 0 rings (SSSR count). The first-order valence-electron chi connectivity index (χ1n) is 9.33. The highest BCUT2D eigenvalue weighted by Crippen LogP contribution is 2.54. The van der Waals surface area contributed by atoms with Gasteiger partial charge in [-0.05, 0) is 36.0 Å². The Morgan fingerprint density at radius 2 is 0.962 bits per heavy atom. The second kappa shape index (κ2) is 7.90. The van der Waals surface area contributed by atoms with E-state index in [4.69, 9.17) is 0 Å². The van der Waals surface area contributed by atoms with Crippen LogP contribution in [-0.4, -0.2) is 12.4 Å². The van der Waals surface area contributed by atoms with Gasteiger partial charge in [-0.15, -0.1) is 0 Å². The lowest BCUT2D eigenvalue weighted by Crippen LogP contribution is -2.45. The number of rotatable bonds is 7. The fraction of sp³-hybridized carbons (Fsp3) is 1.00. The fourth-order valence-corrected chi connectivity index (χ4v) is 3.24. The van der Waals surface area contributed by atoms with Crippen molar-refractivity contribution in [2.24, 2.45) is 34.0 Å². The fourth-order valence-electron chi connectivity index (χ4n) is 3.24. The lowest BCUT2D eigenvalue weighted by atomic mass is 9.63. The number of hydrogen-bond acceptors (Lipinski definition) is 0. The van der Waals surface area contributed by atoms with E-state index >= 15 is 0 Å². The summed E-state index contributed by atoms with van der Waals surface area (Å²) in [5.74, 6) is -1.77. The monoisotopic (exact) mass is 390 g/mol. The van der Waals surface area contributed by atoms with Crippen molar-refractivity contribution in [1.82, 2.24) is 0 Å². The molecule has 0 radical (unpaired) electrons. The molecule has 6 heteroatoms. The Bertz CT molecular complexity index is 437. The summed E-state index contributed by atoms with van der Waals surface area (Å²) in [6.45, 7) is 13.8. The zero-order chi connectivity index (χ0) is 21.4. The van der Waals surface area contributed by atoms with Gasteiger partial charge in [-0.25, -0.2) is 0 Å². The molecular weight excluding hydrogens is 354 g/mol. The summed E-state index contributed by atoms with van der Waals surface area (Å²) in [6, 6.07) is 0. The topological polar surface area (TPSA) is 0 Å². The minimum Gasteiger partial charge on any atom is -0.171 e. The first-order valence-corrected chi connectivity index (χ1v) is 9.33. The Balaban J connectivity index is 5.88. The van der Waals surface area contributed by atoms with Crippen molar-refractivity contribution in [2.75, 3.05) is 0 Å². The summed E-state index contributed by atoms with van der Waals surface area (Å²) < 4.78 is 81.5. The van der Waals surface area contributed by atoms with Crippen molar-refractivity contribution < 1.29 is 26.3 Å². The molecule has 0 aromatic rings. The number of alkyl halides is 6. The number of hydrogen-bond donors (Lipinski definition) is 0. The standard InChI is InChI=1S/C20H36F6/c1-10-14(17(6,7)19(21,22)23)12-15(11-13(2)16(3,4)5)18(8,9)20(24,25)26/h13-15H,10-12H2,1-9H3. The van der Waals surface area contributed by atoms with Crippen molar-refractivity contribution in [1.29, 1.82) is 0 Å². The van der Waals surface area contributed by atoms with Crippen LogP contribution in [0.25, 0.3) is 0 Å². The molecule has 3 unspecified atom stereocenters. The largest absolute Gasteiger partial charge is 0.394 e. The third-order valence-electron chi connectivity index (χ3n) is 6.68. The Kier molecular flexibility index (Phi) is 7.78. The van der Waals surface area contributed by atoms with Gasteiger partial charge in [0.05, 0.1) is 10.8 Å². The highest BCUT2D eigenvalue weighted by Gasteiger charge is 2.56. The van der Waals surface area contributed by atoms with Crippen LogP contribution >= 0.6 is 0 Å². The second-order valence-corrected chi connectivity index (χ2v) is 9.98. The molecule has 0 bridgehead atoms. The van der Waals surface area contributed by atoms with Crippen molar-refractivity contribution >= 4 is 0 Å². The van der Waals surface area contributed by atoms with Gasteiger partial charge in [0.25, 0.3) is 0 Å². The molecule has 0 fully saturated rings. The van der Waals surface area contributed by atoms with Crippen molar-refractivity contribution in [3.05, 3.63) is 0 Å². The van der Waals surface area contributed by atoms with E-state index in [-0.39, 0.29) is 30.6 Å². The Labute approximate surface area is 155 Å². The van der Waals surface area contributed by atoms with Crippen LogP contribution in [0, 0.1) is 34.0 Å². The summed E-state index contributed by atoms with van der Waals surface area (Å²) in [5.41, 5.74) is -4.27. The molecule has 0 aliphatic rings. The molecule has 3 atom stereocenters. The van der Waals surface area contributed by atoms with Crippen molar-refractivity contribution in [3.8, 4) is 0 Å². The van der Waals surface area contributed by atoms with Gasteiger partial charge in [-0.3, -0.25) is 0 Å². The average Bonchev–Trinajstić information content (AvgIpc) is 2.38. The molecule has 26 heavy (non-hydrogen) atoms. The molecule has 0 nitrogen and oxygen atoms in total. The van der Waals surface area contributed by atoms with Crippen LogP contribution in [0.3, 0.4) is 0 Å². The van der Waals surface area contributed by atoms with E-state index in [0.29, 0.717) is 0 Å². The molecular formula is C20H36F6. The van der Waals surface area contributed by atoms with Crippen LogP contribution in [0.15, 0.2) is 0 Å². The van der Waals surface area contributed by atoms with Crippen LogP contribution in [0.1, 0.15) is 81.6 Å². The average molecular weight is 390 g/mol. The molecule has 0 aromatic heterocycles. The van der Waals surface area contributed by atoms with Crippen molar-refractivity contribution in [2.45, 2.75) is 93.9 Å². The van der Waals surface area contributed by atoms with Crippen LogP contribution in [0.2, 0.25) is 0 Å². The Morgan fingerprint density at radius 1 is 0.615 bits per heavy atom. The van der Waals surface area contributed by atoms with E-state index in [9.17, 15) is 26.3 Å². The van der Waals surface area contributed by atoms with Gasteiger partial charge in [0.1, 0.15) is 0 Å². The molecule has 0 saturated carbocycles. The molecule has 0 spiro atoms. The second-order valence-electron chi connectivity index (χ2n) is 9.98. The highest BCUT2D eigenvalue weighted by atomic mass is 19.4. The van der Waals surface area contributed by atoms with Crippen LogP contribution in [0.5, 0.6) is 0 Å². The minimum absolute atomic E-state index is 0.0411. The maximum absolute atomic E-state index is 13.7. The molecule has 0 saturated heterocycles. The third-order valence-corrected chi connectivity index (χ3v) is 6.68. The smallest absolute Gasteiger partial charge is 0.171 e. The van der Waals surface area contributed by atoms with E-state index in [1.165, 1.54) is 0 Å². The first kappa shape index (κ1) is 25.6. The van der Waals surface area contributed by atoms with Crippen molar-refractivity contribution in [3.63, 3.8) is 0 Å². The minimum atomic E-state index is -4.46. The molecule has 0 aliphatic heterocycles. The first-order chi connectivity index (χ1) is 11.2. The number of halogens is 6. The normalized spacial score (nSPS) is 18.6. The summed E-state index contributed by atoms with van der Waals surface area (Å²) >= 11 is 0. The maximum Gasteiger partial charge on any atom is 0.394 e. The Hall–Kier alpha value is -0.420. The zero-order valence-electron chi connectivity index (χ0n) is 17.6. The van der Waals surface area contributed by atoms with Crippen LogP contribution in [-0.2, 0) is 0 Å². The summed E-state index contributed by atoms with van der Waals surface area (Å²) in [7, 11) is 0. The summed E-state index contributed by atoms with van der Waals surface area (Å²) in [6.07, 6.45) is -8.55. The highest BCUT2D eigenvalue weighted by molar-refractivity contribution is 4.93. The van der Waals surface area contributed by atoms with Gasteiger partial charge in [-0.1, -0.05) is 68.7 Å². The third kappa shape index (κ3) is 5.79. The molecule has 0 aromatic carbocycles. The maximum atomic E-state index is 13.7. The van der Waals surface area contributed by atoms with Gasteiger partial charge in [0.2, 0.25) is 0 Å². The van der Waals surface area contributed by atoms with E-state index in [2.05, 4.69) is 0 Å². The lowest BCUT2D eigenvalue weighted by Gasteiger charge is -2.44. The molecule has 0 heterocycles. The van der Waals surface area contributed by atoms with E-state index < -0.39 is 35.0 Å². The predicted octanol–water partition coefficient (Wildman–Crippen LogP) is 8.27. The van der Waals surface area contributed by atoms with Gasteiger partial charge in [0, 0.05) is 0 Å². The summed E-state index contributed by atoms with van der Waals surface area (Å²) in [4.78, 5) is 0. The van der Waals surface area contributed by atoms with E-state index in [0.717, 1.165) is 27.7 Å². The van der Waals surface area contributed by atoms with Gasteiger partial charge in [0.15, 0.2) is 0 Å². The Morgan fingerprint density at radius 3 is 1.23 bits per heavy atom. The molecule has 0 N–H and O–H groups in total. The van der Waals surface area contributed by atoms with Gasteiger partial charge in [-0.2, -0.15) is 26.3 Å². The quantitative estimate of drug-likeness (QED) is 0.384. The molecule has 0 amide bonds. The van der Waals surface area contributed by atoms with Gasteiger partial charge < -0.3 is 0 Å². The van der Waals surface area contributed by atoms with E-state index in [1.807, 2.05) is 27.7 Å². The zero-order valence-corrected chi connectivity index (χ0v) is 17.6. The SMILES string of the molecule is CCC(CC(CC(C)C(C)(C)C)C(C)(C)C(F)(F)F)C(C)(C)C(F)(F)F. The van der Waals surface area contributed by atoms with Crippen LogP contribution in [0.4, 0.5) is 26.3 Å². The van der Waals surface area contributed by atoms with Gasteiger partial charge >= 0.3 is 12.4 Å².